The van der Waals surface area contributed by atoms with Crippen molar-refractivity contribution in [3.05, 3.63) is 231 Å². The molecular formula is C84H113N9O17. The number of hydrazine groups is 1. The monoisotopic (exact) mass is 1520 g/mol. The van der Waals surface area contributed by atoms with Gasteiger partial charge in [0.05, 0.1) is 102 Å². The summed E-state index contributed by atoms with van der Waals surface area (Å²) in [7, 11) is 0. The molecule has 0 aromatic carbocycles. The highest BCUT2D eigenvalue weighted by atomic mass is 16.6. The van der Waals surface area contributed by atoms with Gasteiger partial charge in [-0.2, -0.15) is 0 Å². The molecule has 6 heterocycles. The molecule has 7 rings (SSSR count). The van der Waals surface area contributed by atoms with Gasteiger partial charge < -0.3 is 66.6 Å². The van der Waals surface area contributed by atoms with E-state index in [2.05, 4.69) is 57.9 Å². The van der Waals surface area contributed by atoms with Crippen LogP contribution in [0.15, 0.2) is 174 Å². The number of nitrogens with zero attached hydrogens (tertiary/aromatic N) is 9. The van der Waals surface area contributed by atoms with Gasteiger partial charge in [0.1, 0.15) is 26.4 Å². The minimum absolute atomic E-state index is 0.00218. The summed E-state index contributed by atoms with van der Waals surface area (Å²) in [6, 6.07) is 0.899. The van der Waals surface area contributed by atoms with Crippen molar-refractivity contribution in [2.75, 3.05) is 112 Å². The Kier molecular flexibility index (Phi) is 43.6. The molecule has 2 fully saturated rings. The highest BCUT2D eigenvalue weighted by molar-refractivity contribution is 5.95. The summed E-state index contributed by atoms with van der Waals surface area (Å²) in [4.78, 5) is 81.4. The van der Waals surface area contributed by atoms with Crippen LogP contribution < -0.4 is 0 Å². The number of carbonyl (C=O) groups is 5. The van der Waals surface area contributed by atoms with E-state index in [1.807, 2.05) is 120 Å². The van der Waals surface area contributed by atoms with Crippen molar-refractivity contribution in [1.82, 2.24) is 19.8 Å². The van der Waals surface area contributed by atoms with E-state index in [4.69, 9.17) is 89.7 Å². The van der Waals surface area contributed by atoms with Crippen molar-refractivity contribution in [2.24, 2.45) is 5.92 Å². The summed E-state index contributed by atoms with van der Waals surface area (Å²) in [6.45, 7) is 78.6. The molecule has 0 spiro atoms. The lowest BCUT2D eigenvalue weighted by Gasteiger charge is -2.41. The highest BCUT2D eigenvalue weighted by Gasteiger charge is 2.30. The molecule has 1 atom stereocenters. The summed E-state index contributed by atoms with van der Waals surface area (Å²) in [5, 5.41) is 4.31. The van der Waals surface area contributed by atoms with Gasteiger partial charge in [-0.15, -0.1) is 0 Å². The maximum absolute atomic E-state index is 12.2. The van der Waals surface area contributed by atoms with Crippen molar-refractivity contribution in [3.63, 3.8) is 0 Å². The van der Waals surface area contributed by atoms with Crippen molar-refractivity contribution in [1.29, 1.82) is 0 Å². The fourth-order valence-corrected chi connectivity index (χ4v) is 12.0. The van der Waals surface area contributed by atoms with Crippen LogP contribution in [-0.4, -0.2) is 174 Å². The Balaban J connectivity index is 0.000000359. The third-order valence-electron chi connectivity index (χ3n) is 16.8. The number of morpholine rings is 1. The SMILES string of the molecule is [C-]#[N+]C(C(=O)OCC(C)C)=C1C=C(C)OC(C)=C1.[C-]#[N+]C(C(=O)OCCOCC)=C1C=C(C)N(C(C)CC)C(C)=C1.[C-]#[N+]C(C(=O)OCCOCC)=C1C=C(C)N(C2CCCCC2)C(C)=C1.[C-]#[N+]C(C(=O)OCCOCC)=C1C=C(C)N(N2CCOCC2)C(C)=C1.[C-]#[N+]C(C(=O)OCCOCC)=C1C=C(C)OC(C)=C1. The Morgan fingerprint density at radius 2 is 0.700 bits per heavy atom. The lowest BCUT2D eigenvalue weighted by molar-refractivity contribution is -0.141. The van der Waals surface area contributed by atoms with Gasteiger partial charge in [0.25, 0.3) is 28.5 Å². The first-order valence-electron chi connectivity index (χ1n) is 37.3. The predicted octanol–water partition coefficient (Wildman–Crippen LogP) is 15.7. The van der Waals surface area contributed by atoms with Crippen molar-refractivity contribution >= 4 is 29.8 Å². The van der Waals surface area contributed by atoms with Crippen LogP contribution in [0.5, 0.6) is 0 Å². The zero-order valence-electron chi connectivity index (χ0n) is 67.7. The van der Waals surface area contributed by atoms with Crippen LogP contribution in [0.2, 0.25) is 0 Å². The van der Waals surface area contributed by atoms with E-state index in [0.29, 0.717) is 136 Å². The first-order chi connectivity index (χ1) is 52.6. The van der Waals surface area contributed by atoms with E-state index in [1.165, 1.54) is 32.1 Å². The smallest absolute Gasteiger partial charge is 0.336 e. The number of rotatable bonds is 27. The van der Waals surface area contributed by atoms with Gasteiger partial charge in [0, 0.05) is 85.8 Å². The van der Waals surface area contributed by atoms with Crippen molar-refractivity contribution in [3.8, 4) is 0 Å². The molecule has 0 radical (unpaired) electrons. The molecule has 0 amide bonds. The Morgan fingerprint density at radius 1 is 0.409 bits per heavy atom. The lowest BCUT2D eigenvalue weighted by atomic mass is 9.92. The highest BCUT2D eigenvalue weighted by Crippen LogP contribution is 2.35. The molecule has 1 saturated heterocycles. The predicted molar refractivity (Wildman–Crippen MR) is 418 cm³/mol. The number of carbonyl (C=O) groups excluding carboxylic acids is 5. The van der Waals surface area contributed by atoms with Gasteiger partial charge in [0.15, 0.2) is 0 Å². The molecule has 6 aliphatic heterocycles. The molecule has 110 heavy (non-hydrogen) atoms. The van der Waals surface area contributed by atoms with Crippen LogP contribution in [0, 0.1) is 38.8 Å². The first-order valence-corrected chi connectivity index (χ1v) is 37.3. The minimum Gasteiger partial charge on any atom is -0.470 e. The second kappa shape index (κ2) is 51.1. The lowest BCUT2D eigenvalue weighted by Crippen LogP contribution is -2.47. The summed E-state index contributed by atoms with van der Waals surface area (Å²) in [5.41, 5.74) is 9.03. The first kappa shape index (κ1) is 93.9. The minimum atomic E-state index is -0.639. The summed E-state index contributed by atoms with van der Waals surface area (Å²) in [5.74, 6) is -0.179. The average molecular weight is 1520 g/mol. The maximum atomic E-state index is 12.2. The Bertz CT molecular complexity index is 3720. The average Bonchev–Trinajstić information content (AvgIpc) is 0.814. The Labute approximate surface area is 652 Å². The molecule has 26 heteroatoms. The van der Waals surface area contributed by atoms with E-state index >= 15 is 0 Å². The standard InChI is InChI=1S/C20H28N2O3.C18H25N3O4.C18H26N2O3.C14H17NO4.C14H17NO3/c1-5-24-11-12-25-20(23)19(21-4)17-13-15(2)22(16(3)14-17)18-9-7-6-8-10-18;1-5-23-10-11-25-18(22)17(19-4)16-12-14(2)21(15(3)13-16)20-6-8-24-9-7-20;1-7-13(3)20-14(4)11-16(12-15(20)5)17(19-6)18(21)23-10-9-22-8-2;1-5-17-6-7-18-14(16)13(15-4)12-8-10(2)19-11(3)9-12;1-9(2)8-17-14(16)13(15-5)12-6-10(3)18-11(4)7-12/h13-14,18H,5-12H2,1-3H3;12-13H,5-11H2,1-3H3;11-13H,7-10H2,1-5H3;8-9H,5-7H2,1-3H3;6-7,9H,8H2,1-4H3. The van der Waals surface area contributed by atoms with Crippen molar-refractivity contribution < 1.29 is 80.8 Å². The van der Waals surface area contributed by atoms with E-state index in [0.717, 1.165) is 53.7 Å². The van der Waals surface area contributed by atoms with E-state index in [-0.39, 0.29) is 60.8 Å². The normalized spacial score (nSPS) is 16.3. The number of esters is 5. The fraction of sp³-hybridized carbons (Fsp3) is 0.524. The van der Waals surface area contributed by atoms with Crippen molar-refractivity contribution in [2.45, 2.75) is 175 Å². The molecule has 0 aromatic heterocycles. The largest absolute Gasteiger partial charge is 0.470 e. The molecule has 596 valence electrons. The number of allylic oxidation sites excluding steroid dienone is 25. The van der Waals surface area contributed by atoms with Crippen LogP contribution in [0.1, 0.15) is 163 Å². The molecule has 26 nitrogen and oxygen atoms in total. The molecule has 1 saturated carbocycles. The second-order valence-corrected chi connectivity index (χ2v) is 26.0. The molecule has 7 aliphatic rings. The number of hydrogen-bond acceptors (Lipinski definition) is 21. The van der Waals surface area contributed by atoms with Crippen LogP contribution in [-0.2, 0) is 80.8 Å². The van der Waals surface area contributed by atoms with Gasteiger partial charge in [0.2, 0.25) is 0 Å². The van der Waals surface area contributed by atoms with Gasteiger partial charge in [-0.05, 0) is 218 Å². The second-order valence-electron chi connectivity index (χ2n) is 26.0. The van der Waals surface area contributed by atoms with Gasteiger partial charge in [-0.25, -0.2) is 29.2 Å². The summed E-state index contributed by atoms with van der Waals surface area (Å²) < 4.78 is 62.0. The molecule has 1 aliphatic carbocycles. The van der Waals surface area contributed by atoms with Crippen LogP contribution in [0.4, 0.5) is 0 Å². The summed E-state index contributed by atoms with van der Waals surface area (Å²) >= 11 is 0. The molecule has 0 aromatic rings. The Morgan fingerprint density at radius 3 is 0.991 bits per heavy atom. The zero-order chi connectivity index (χ0) is 81.8. The van der Waals surface area contributed by atoms with Crippen LogP contribution >= 0.6 is 0 Å². The van der Waals surface area contributed by atoms with Gasteiger partial charge >= 0.3 is 29.8 Å². The molecule has 0 N–H and O–H groups in total. The summed E-state index contributed by atoms with van der Waals surface area (Å²) in [6.07, 6.45) is 25.2. The molecule has 1 unspecified atom stereocenters. The van der Waals surface area contributed by atoms with Gasteiger partial charge in [-0.1, -0.05) is 40.0 Å². The van der Waals surface area contributed by atoms with Gasteiger partial charge in [-0.3, -0.25) is 29.0 Å². The number of hydrogen-bond donors (Lipinski definition) is 0. The fourth-order valence-electron chi connectivity index (χ4n) is 12.0. The zero-order valence-corrected chi connectivity index (χ0v) is 67.7. The third-order valence-corrected chi connectivity index (χ3v) is 16.8. The topological polar surface area (TPSA) is 231 Å². The van der Waals surface area contributed by atoms with Crippen LogP contribution in [0.25, 0.3) is 24.2 Å². The quantitative estimate of drug-likeness (QED) is 0.0245. The molecule has 0 bridgehead atoms. The Hall–Kier alpha value is -10.3. The third kappa shape index (κ3) is 31.3. The number of ether oxygens (including phenoxy) is 12. The molecular weight excluding hydrogens is 1410 g/mol. The van der Waals surface area contributed by atoms with Crippen LogP contribution in [0.3, 0.4) is 0 Å². The van der Waals surface area contributed by atoms with E-state index < -0.39 is 29.8 Å². The van der Waals surface area contributed by atoms with E-state index in [9.17, 15) is 24.0 Å². The van der Waals surface area contributed by atoms with E-state index in [1.54, 1.807) is 52.0 Å². The maximum Gasteiger partial charge on any atom is 0.336 e.